The molecule has 1 fully saturated rings. The van der Waals surface area contributed by atoms with Crippen LogP contribution in [0.5, 0.6) is 0 Å². The second-order valence-corrected chi connectivity index (χ2v) is 2.44. The first-order valence-corrected chi connectivity index (χ1v) is 3.79. The predicted octanol–water partition coefficient (Wildman–Crippen LogP) is -1.82. The highest BCUT2D eigenvalue weighted by Crippen LogP contribution is 2.00. The summed E-state index contributed by atoms with van der Waals surface area (Å²) in [6, 6.07) is 0. The number of hydrogen-bond donors (Lipinski definition) is 3. The van der Waals surface area contributed by atoms with Crippen LogP contribution in [0.2, 0.25) is 0 Å². The fraction of sp³-hybridized carbons (Fsp3) is 0.833. The van der Waals surface area contributed by atoms with Gasteiger partial charge in [-0.05, 0) is 0 Å². The molecule has 0 bridgehead atoms. The summed E-state index contributed by atoms with van der Waals surface area (Å²) in [7, 11) is 0. The van der Waals surface area contributed by atoms with E-state index in [1.54, 1.807) is 0 Å². The number of nitrogens with zero attached hydrogens (tertiary/aromatic N) is 1. The van der Waals surface area contributed by atoms with Crippen LogP contribution in [0.1, 0.15) is 0 Å². The van der Waals surface area contributed by atoms with Crippen molar-refractivity contribution >= 4 is 5.96 Å². The van der Waals surface area contributed by atoms with E-state index in [-0.39, 0.29) is 12.1 Å². The summed E-state index contributed by atoms with van der Waals surface area (Å²) < 4.78 is 10.5. The molecule has 0 aromatic heterocycles. The first-order valence-electron chi connectivity index (χ1n) is 3.79. The first kappa shape index (κ1) is 9.24. The van der Waals surface area contributed by atoms with Gasteiger partial charge in [0.1, 0.15) is 6.10 Å². The van der Waals surface area contributed by atoms with Crippen LogP contribution < -0.4 is 17.0 Å². The Morgan fingerprint density at radius 3 is 3.00 bits per heavy atom. The summed E-state index contributed by atoms with van der Waals surface area (Å²) in [5.74, 6) is 5.22. The lowest BCUT2D eigenvalue weighted by Crippen LogP contribution is -2.39. The van der Waals surface area contributed by atoms with Crippen LogP contribution >= 0.6 is 0 Å². The zero-order valence-electron chi connectivity index (χ0n) is 6.82. The maximum atomic E-state index is 5.32. The Balaban J connectivity index is 2.21. The molecule has 0 aromatic rings. The lowest BCUT2D eigenvalue weighted by atomic mass is 10.3. The number of hydrazine groups is 1. The second-order valence-electron chi connectivity index (χ2n) is 2.44. The molecular weight excluding hydrogens is 160 g/mol. The lowest BCUT2D eigenvalue weighted by molar-refractivity contribution is -0.0832. The Morgan fingerprint density at radius 1 is 1.58 bits per heavy atom. The molecule has 1 heterocycles. The van der Waals surface area contributed by atoms with Crippen molar-refractivity contribution in [3.05, 3.63) is 0 Å². The third-order valence-electron chi connectivity index (χ3n) is 1.50. The molecule has 0 aliphatic carbocycles. The molecule has 1 saturated heterocycles. The monoisotopic (exact) mass is 174 g/mol. The average Bonchev–Trinajstić information content (AvgIpc) is 2.16. The van der Waals surface area contributed by atoms with Gasteiger partial charge in [0.25, 0.3) is 0 Å². The van der Waals surface area contributed by atoms with E-state index in [1.807, 2.05) is 0 Å². The van der Waals surface area contributed by atoms with Gasteiger partial charge in [0.05, 0.1) is 26.4 Å². The molecular formula is C6H14N4O2. The van der Waals surface area contributed by atoms with E-state index < -0.39 is 0 Å². The summed E-state index contributed by atoms with van der Waals surface area (Å²) >= 11 is 0. The number of aliphatic imine (C=N–C) groups is 1. The van der Waals surface area contributed by atoms with Crippen molar-refractivity contribution in [2.45, 2.75) is 6.10 Å². The summed E-state index contributed by atoms with van der Waals surface area (Å²) in [6.45, 7) is 2.33. The van der Waals surface area contributed by atoms with Gasteiger partial charge >= 0.3 is 0 Å². The largest absolute Gasteiger partial charge is 0.376 e. The van der Waals surface area contributed by atoms with Crippen LogP contribution in [-0.2, 0) is 9.47 Å². The van der Waals surface area contributed by atoms with E-state index in [4.69, 9.17) is 21.1 Å². The molecule has 6 heteroatoms. The highest BCUT2D eigenvalue weighted by Gasteiger charge is 2.13. The average molecular weight is 174 g/mol. The van der Waals surface area contributed by atoms with E-state index >= 15 is 0 Å². The fourth-order valence-electron chi connectivity index (χ4n) is 0.888. The van der Waals surface area contributed by atoms with Crippen molar-refractivity contribution < 1.29 is 9.47 Å². The van der Waals surface area contributed by atoms with E-state index in [9.17, 15) is 0 Å². The molecule has 5 N–H and O–H groups in total. The van der Waals surface area contributed by atoms with Crippen molar-refractivity contribution in [2.24, 2.45) is 16.6 Å². The molecule has 0 aromatic carbocycles. The summed E-state index contributed by atoms with van der Waals surface area (Å²) in [4.78, 5) is 3.92. The van der Waals surface area contributed by atoms with E-state index in [2.05, 4.69) is 10.4 Å². The third kappa shape index (κ3) is 3.04. The Labute approximate surface area is 70.9 Å². The molecule has 1 rings (SSSR count). The van der Waals surface area contributed by atoms with Crippen LogP contribution in [0.25, 0.3) is 0 Å². The molecule has 0 spiro atoms. The maximum absolute atomic E-state index is 5.32. The molecule has 1 aliphatic heterocycles. The Bertz CT molecular complexity index is 156. The molecule has 1 unspecified atom stereocenters. The zero-order valence-corrected chi connectivity index (χ0v) is 6.82. The second kappa shape index (κ2) is 4.91. The normalized spacial score (nSPS) is 25.4. The topological polar surface area (TPSA) is 94.9 Å². The van der Waals surface area contributed by atoms with Gasteiger partial charge in [-0.3, -0.25) is 5.43 Å². The quantitative estimate of drug-likeness (QED) is 0.198. The zero-order chi connectivity index (χ0) is 8.81. The highest BCUT2D eigenvalue weighted by atomic mass is 16.6. The Kier molecular flexibility index (Phi) is 3.78. The van der Waals surface area contributed by atoms with E-state index in [0.717, 1.165) is 0 Å². The van der Waals surface area contributed by atoms with Crippen molar-refractivity contribution in [2.75, 3.05) is 26.4 Å². The molecule has 0 saturated carbocycles. The minimum absolute atomic E-state index is 0.00523. The van der Waals surface area contributed by atoms with Crippen LogP contribution in [0.4, 0.5) is 0 Å². The van der Waals surface area contributed by atoms with Crippen LogP contribution in [0.3, 0.4) is 0 Å². The Hall–Kier alpha value is -0.850. The number of guanidine groups is 1. The van der Waals surface area contributed by atoms with Crippen LogP contribution in [0, 0.1) is 0 Å². The molecule has 1 aliphatic rings. The van der Waals surface area contributed by atoms with Gasteiger partial charge in [-0.15, -0.1) is 0 Å². The number of ether oxygens (including phenoxy) is 2. The van der Waals surface area contributed by atoms with E-state index in [1.165, 1.54) is 0 Å². The first-order chi connectivity index (χ1) is 5.83. The Morgan fingerprint density at radius 2 is 2.42 bits per heavy atom. The molecule has 0 radical (unpaired) electrons. The standard InChI is InChI=1S/C6H14N4O2/c7-6(10-8)9-3-5-4-11-1-2-12-5/h5H,1-4,8H2,(H3,7,9,10). The van der Waals surface area contributed by atoms with Crippen molar-refractivity contribution in [3.8, 4) is 0 Å². The van der Waals surface area contributed by atoms with Gasteiger partial charge in [0.2, 0.25) is 5.96 Å². The summed E-state index contributed by atoms with van der Waals surface area (Å²) in [5.41, 5.74) is 7.54. The number of nitrogens with two attached hydrogens (primary N) is 2. The molecule has 1 atom stereocenters. The van der Waals surface area contributed by atoms with Crippen molar-refractivity contribution in [1.29, 1.82) is 0 Å². The van der Waals surface area contributed by atoms with Gasteiger partial charge < -0.3 is 15.2 Å². The molecule has 0 amide bonds. The summed E-state index contributed by atoms with van der Waals surface area (Å²) in [6.07, 6.45) is 0.00523. The number of hydrogen-bond acceptors (Lipinski definition) is 4. The third-order valence-corrected chi connectivity index (χ3v) is 1.50. The molecule has 6 nitrogen and oxygen atoms in total. The van der Waals surface area contributed by atoms with Gasteiger partial charge in [-0.25, -0.2) is 10.8 Å². The SMILES string of the molecule is NNC(N)=NCC1COCCO1. The van der Waals surface area contributed by atoms with E-state index in [0.29, 0.717) is 26.4 Å². The van der Waals surface area contributed by atoms with Gasteiger partial charge in [0, 0.05) is 0 Å². The fourth-order valence-corrected chi connectivity index (χ4v) is 0.888. The van der Waals surface area contributed by atoms with Gasteiger partial charge in [-0.1, -0.05) is 0 Å². The molecule has 12 heavy (non-hydrogen) atoms. The smallest absolute Gasteiger partial charge is 0.203 e. The van der Waals surface area contributed by atoms with Crippen LogP contribution in [0.15, 0.2) is 4.99 Å². The molecule has 70 valence electrons. The maximum Gasteiger partial charge on any atom is 0.203 e. The van der Waals surface area contributed by atoms with Crippen molar-refractivity contribution in [1.82, 2.24) is 5.43 Å². The summed E-state index contributed by atoms with van der Waals surface area (Å²) in [5, 5.41) is 0. The van der Waals surface area contributed by atoms with Crippen LogP contribution in [-0.4, -0.2) is 38.4 Å². The minimum Gasteiger partial charge on any atom is -0.376 e. The van der Waals surface area contributed by atoms with Gasteiger partial charge in [-0.2, -0.15) is 0 Å². The van der Waals surface area contributed by atoms with Gasteiger partial charge in [0.15, 0.2) is 0 Å². The lowest BCUT2D eigenvalue weighted by Gasteiger charge is -2.21. The number of nitrogens with one attached hydrogen (secondary N) is 1. The van der Waals surface area contributed by atoms with Crippen molar-refractivity contribution in [3.63, 3.8) is 0 Å². The highest BCUT2D eigenvalue weighted by molar-refractivity contribution is 5.77. The number of rotatable bonds is 2. The predicted molar refractivity (Wildman–Crippen MR) is 44.4 cm³/mol. The minimum atomic E-state index is 0.00523.